The number of hydrogen-bond acceptors (Lipinski definition) is 4. The Bertz CT molecular complexity index is 360. The van der Waals surface area contributed by atoms with Gasteiger partial charge < -0.3 is 5.32 Å². The molecule has 5 heteroatoms. The highest BCUT2D eigenvalue weighted by Gasteiger charge is 2.17. The molecule has 0 aliphatic heterocycles. The lowest BCUT2D eigenvalue weighted by atomic mass is 10.0. The monoisotopic (exact) mass is 251 g/mol. The zero-order valence-electron chi connectivity index (χ0n) is 11.8. The molecular weight excluding hydrogens is 226 g/mol. The van der Waals surface area contributed by atoms with Gasteiger partial charge in [0.05, 0.1) is 6.54 Å². The SMILES string of the molecule is CC(C)(C)NCc1nnnn1CCC1CCCC1. The molecule has 1 N–H and O–H groups in total. The summed E-state index contributed by atoms with van der Waals surface area (Å²) in [5, 5.41) is 15.4. The minimum Gasteiger partial charge on any atom is -0.305 e. The maximum absolute atomic E-state index is 4.10. The summed E-state index contributed by atoms with van der Waals surface area (Å²) in [4.78, 5) is 0. The molecule has 1 aliphatic carbocycles. The summed E-state index contributed by atoms with van der Waals surface area (Å²) >= 11 is 0. The summed E-state index contributed by atoms with van der Waals surface area (Å²) in [7, 11) is 0. The van der Waals surface area contributed by atoms with Crippen molar-refractivity contribution in [2.75, 3.05) is 0 Å². The lowest BCUT2D eigenvalue weighted by Gasteiger charge is -2.20. The van der Waals surface area contributed by atoms with Gasteiger partial charge in [-0.25, -0.2) is 4.68 Å². The molecule has 0 unspecified atom stereocenters. The quantitative estimate of drug-likeness (QED) is 0.871. The Morgan fingerprint density at radius 2 is 2.00 bits per heavy atom. The summed E-state index contributed by atoms with van der Waals surface area (Å²) in [5.74, 6) is 1.83. The average Bonchev–Trinajstić information content (AvgIpc) is 2.94. The maximum Gasteiger partial charge on any atom is 0.165 e. The summed E-state index contributed by atoms with van der Waals surface area (Å²) in [6.45, 7) is 8.15. The van der Waals surface area contributed by atoms with E-state index in [9.17, 15) is 0 Å². The van der Waals surface area contributed by atoms with Crippen LogP contribution in [0.1, 0.15) is 58.7 Å². The fourth-order valence-corrected chi connectivity index (χ4v) is 2.47. The van der Waals surface area contributed by atoms with Crippen molar-refractivity contribution in [3.8, 4) is 0 Å². The molecule has 0 saturated heterocycles. The Labute approximate surface area is 109 Å². The minimum atomic E-state index is 0.0994. The van der Waals surface area contributed by atoms with Gasteiger partial charge in [-0.1, -0.05) is 25.7 Å². The molecule has 2 rings (SSSR count). The van der Waals surface area contributed by atoms with E-state index in [4.69, 9.17) is 0 Å². The van der Waals surface area contributed by atoms with E-state index in [0.717, 1.165) is 24.8 Å². The molecule has 1 fully saturated rings. The van der Waals surface area contributed by atoms with Gasteiger partial charge in [0.25, 0.3) is 0 Å². The molecule has 5 nitrogen and oxygen atoms in total. The third kappa shape index (κ3) is 4.05. The topological polar surface area (TPSA) is 55.6 Å². The lowest BCUT2D eigenvalue weighted by molar-refractivity contribution is 0.392. The first kappa shape index (κ1) is 13.5. The first-order valence-electron chi connectivity index (χ1n) is 7.05. The van der Waals surface area contributed by atoms with Crippen molar-refractivity contribution in [2.24, 2.45) is 5.92 Å². The van der Waals surface area contributed by atoms with Gasteiger partial charge in [-0.2, -0.15) is 0 Å². The van der Waals surface area contributed by atoms with Gasteiger partial charge in [0.2, 0.25) is 0 Å². The predicted molar refractivity (Wildman–Crippen MR) is 71.0 cm³/mol. The van der Waals surface area contributed by atoms with Gasteiger partial charge in [0.1, 0.15) is 0 Å². The van der Waals surface area contributed by atoms with Crippen LogP contribution < -0.4 is 5.32 Å². The van der Waals surface area contributed by atoms with E-state index in [1.54, 1.807) is 0 Å². The molecule has 0 atom stereocenters. The first-order valence-corrected chi connectivity index (χ1v) is 7.05. The second-order valence-corrected chi connectivity index (χ2v) is 6.36. The van der Waals surface area contributed by atoms with Crippen LogP contribution >= 0.6 is 0 Å². The van der Waals surface area contributed by atoms with Gasteiger partial charge >= 0.3 is 0 Å². The fourth-order valence-electron chi connectivity index (χ4n) is 2.47. The van der Waals surface area contributed by atoms with Crippen LogP contribution in [0.25, 0.3) is 0 Å². The Balaban J connectivity index is 1.83. The molecule has 1 aromatic rings. The molecule has 1 aromatic heterocycles. The molecule has 0 spiro atoms. The van der Waals surface area contributed by atoms with Crippen LogP contribution in [0.15, 0.2) is 0 Å². The predicted octanol–water partition coefficient (Wildman–Crippen LogP) is 2.14. The van der Waals surface area contributed by atoms with Gasteiger partial charge in [-0.05, 0) is 43.5 Å². The van der Waals surface area contributed by atoms with Gasteiger partial charge in [-0.15, -0.1) is 5.10 Å². The normalized spacial score (nSPS) is 17.5. The molecule has 18 heavy (non-hydrogen) atoms. The van der Waals surface area contributed by atoms with Crippen LogP contribution in [0.5, 0.6) is 0 Å². The first-order chi connectivity index (χ1) is 8.54. The molecule has 0 bridgehead atoms. The highest BCUT2D eigenvalue weighted by Crippen LogP contribution is 2.27. The number of nitrogens with zero attached hydrogens (tertiary/aromatic N) is 4. The third-order valence-electron chi connectivity index (χ3n) is 3.61. The molecule has 1 aliphatic rings. The van der Waals surface area contributed by atoms with Gasteiger partial charge in [-0.3, -0.25) is 0 Å². The molecule has 0 amide bonds. The van der Waals surface area contributed by atoms with Crippen LogP contribution in [0.3, 0.4) is 0 Å². The molecular formula is C13H25N5. The summed E-state index contributed by atoms with van der Waals surface area (Å²) in [6, 6.07) is 0. The van der Waals surface area contributed by atoms with E-state index in [1.807, 2.05) is 4.68 Å². The van der Waals surface area contributed by atoms with Crippen molar-refractivity contribution in [3.63, 3.8) is 0 Å². The number of aryl methyl sites for hydroxylation is 1. The molecule has 1 saturated carbocycles. The van der Waals surface area contributed by atoms with Crippen LogP contribution in [0.4, 0.5) is 0 Å². The largest absolute Gasteiger partial charge is 0.305 e. The highest BCUT2D eigenvalue weighted by molar-refractivity contribution is 4.83. The summed E-state index contributed by atoms with van der Waals surface area (Å²) < 4.78 is 1.96. The smallest absolute Gasteiger partial charge is 0.165 e. The van der Waals surface area contributed by atoms with E-state index in [2.05, 4.69) is 41.6 Å². The van der Waals surface area contributed by atoms with Crippen LogP contribution in [-0.4, -0.2) is 25.7 Å². The van der Waals surface area contributed by atoms with Crippen molar-refractivity contribution in [1.29, 1.82) is 0 Å². The molecule has 0 radical (unpaired) electrons. The molecule has 1 heterocycles. The highest BCUT2D eigenvalue weighted by atomic mass is 15.5. The van der Waals surface area contributed by atoms with E-state index in [0.29, 0.717) is 0 Å². The van der Waals surface area contributed by atoms with Crippen molar-refractivity contribution < 1.29 is 0 Å². The Hall–Kier alpha value is -0.970. The van der Waals surface area contributed by atoms with E-state index in [-0.39, 0.29) is 5.54 Å². The van der Waals surface area contributed by atoms with Crippen LogP contribution in [0, 0.1) is 5.92 Å². The standard InChI is InChI=1S/C13H25N5/c1-13(2,3)14-10-12-15-16-17-18(12)9-8-11-6-4-5-7-11/h11,14H,4-10H2,1-3H3. The number of tetrazole rings is 1. The maximum atomic E-state index is 4.10. The summed E-state index contributed by atoms with van der Waals surface area (Å²) in [6.07, 6.45) is 6.79. The Morgan fingerprint density at radius 1 is 1.28 bits per heavy atom. The zero-order valence-corrected chi connectivity index (χ0v) is 11.8. The summed E-state index contributed by atoms with van der Waals surface area (Å²) in [5.41, 5.74) is 0.0994. The van der Waals surface area contributed by atoms with Crippen molar-refractivity contribution in [3.05, 3.63) is 5.82 Å². The fraction of sp³-hybridized carbons (Fsp3) is 0.923. The van der Waals surface area contributed by atoms with E-state index in [1.165, 1.54) is 32.1 Å². The Kier molecular flexibility index (Phi) is 4.32. The number of hydrogen-bond donors (Lipinski definition) is 1. The number of aromatic nitrogens is 4. The Morgan fingerprint density at radius 3 is 2.67 bits per heavy atom. The number of nitrogens with one attached hydrogen (secondary N) is 1. The molecule has 102 valence electrons. The second-order valence-electron chi connectivity index (χ2n) is 6.36. The zero-order chi connectivity index (χ0) is 13.0. The van der Waals surface area contributed by atoms with Crippen molar-refractivity contribution >= 4 is 0 Å². The number of rotatable bonds is 5. The van der Waals surface area contributed by atoms with E-state index < -0.39 is 0 Å². The van der Waals surface area contributed by atoms with Crippen LogP contribution in [-0.2, 0) is 13.1 Å². The molecule has 0 aromatic carbocycles. The van der Waals surface area contributed by atoms with Crippen molar-refractivity contribution in [1.82, 2.24) is 25.5 Å². The third-order valence-corrected chi connectivity index (χ3v) is 3.61. The van der Waals surface area contributed by atoms with Gasteiger partial charge in [0, 0.05) is 12.1 Å². The van der Waals surface area contributed by atoms with E-state index >= 15 is 0 Å². The average molecular weight is 251 g/mol. The lowest BCUT2D eigenvalue weighted by Crippen LogP contribution is -2.36. The minimum absolute atomic E-state index is 0.0994. The van der Waals surface area contributed by atoms with Crippen molar-refractivity contribution in [2.45, 2.75) is 71.5 Å². The van der Waals surface area contributed by atoms with Crippen LogP contribution in [0.2, 0.25) is 0 Å². The van der Waals surface area contributed by atoms with Gasteiger partial charge in [0.15, 0.2) is 5.82 Å². The second kappa shape index (κ2) is 5.78.